The number of pyridine rings is 1. The van der Waals surface area contributed by atoms with E-state index in [0.717, 1.165) is 37.2 Å². The van der Waals surface area contributed by atoms with E-state index in [4.69, 9.17) is 11.6 Å². The van der Waals surface area contributed by atoms with Gasteiger partial charge in [-0.25, -0.2) is 4.98 Å². The minimum absolute atomic E-state index is 0.372. The van der Waals surface area contributed by atoms with Crippen LogP contribution in [-0.4, -0.2) is 23.5 Å². The minimum Gasteiger partial charge on any atom is -0.302 e. The van der Waals surface area contributed by atoms with Crippen molar-refractivity contribution in [3.8, 4) is 6.07 Å². The van der Waals surface area contributed by atoms with Crippen LogP contribution < -0.4 is 0 Å². The second-order valence-electron chi connectivity index (χ2n) is 5.38. The first-order chi connectivity index (χ1) is 8.52. The van der Waals surface area contributed by atoms with Gasteiger partial charge in [-0.3, -0.25) is 0 Å². The third-order valence-corrected chi connectivity index (χ3v) is 3.61. The molecule has 96 valence electrons. The molecule has 3 nitrogen and oxygen atoms in total. The van der Waals surface area contributed by atoms with Crippen LogP contribution in [-0.2, 0) is 19.4 Å². The Morgan fingerprint density at radius 2 is 2.22 bits per heavy atom. The van der Waals surface area contributed by atoms with E-state index in [9.17, 15) is 5.26 Å². The number of likely N-dealkylation sites (N-methyl/N-ethyl adjacent to an activating group) is 1. The normalized spacial score (nSPS) is 15.6. The highest BCUT2D eigenvalue weighted by atomic mass is 35.5. The third kappa shape index (κ3) is 2.50. The molecule has 0 bridgehead atoms. The summed E-state index contributed by atoms with van der Waals surface area (Å²) in [4.78, 5) is 6.67. The molecular formula is C14H18ClN3. The second-order valence-corrected chi connectivity index (χ2v) is 5.74. The Bertz CT molecular complexity index is 503. The zero-order valence-electron chi connectivity index (χ0n) is 11.1. The molecule has 0 radical (unpaired) electrons. The zero-order valence-corrected chi connectivity index (χ0v) is 11.9. The highest BCUT2D eigenvalue weighted by molar-refractivity contribution is 6.30. The van der Waals surface area contributed by atoms with Gasteiger partial charge in [0.2, 0.25) is 0 Å². The summed E-state index contributed by atoms with van der Waals surface area (Å²) in [5.41, 5.74) is 3.97. The summed E-state index contributed by atoms with van der Waals surface area (Å²) in [7, 11) is 2.10. The number of hydrogen-bond donors (Lipinski definition) is 0. The SMILES string of the molecule is CC(C)Cc1c(C#N)c(Cl)nc2c1CN(C)CC2. The standard InChI is InChI=1S/C14H18ClN3/c1-9(2)6-10-11(7-16)14(15)17-13-4-5-18(3)8-12(10)13/h9H,4-6,8H2,1-3H3. The summed E-state index contributed by atoms with van der Waals surface area (Å²) in [6.07, 6.45) is 1.81. The number of aromatic nitrogens is 1. The van der Waals surface area contributed by atoms with Crippen molar-refractivity contribution < 1.29 is 0 Å². The molecule has 1 aromatic rings. The van der Waals surface area contributed by atoms with Crippen molar-refractivity contribution in [2.75, 3.05) is 13.6 Å². The number of nitriles is 1. The maximum Gasteiger partial charge on any atom is 0.147 e. The van der Waals surface area contributed by atoms with E-state index in [2.05, 4.69) is 36.8 Å². The summed E-state index contributed by atoms with van der Waals surface area (Å²) < 4.78 is 0. The van der Waals surface area contributed by atoms with Gasteiger partial charge < -0.3 is 4.90 Å². The maximum absolute atomic E-state index is 9.29. The van der Waals surface area contributed by atoms with Crippen LogP contribution in [0.5, 0.6) is 0 Å². The second kappa shape index (κ2) is 5.26. The number of fused-ring (bicyclic) bond motifs is 1. The van der Waals surface area contributed by atoms with E-state index in [1.54, 1.807) is 0 Å². The molecule has 1 aliphatic rings. The fraction of sp³-hybridized carbons (Fsp3) is 0.571. The number of rotatable bonds is 2. The van der Waals surface area contributed by atoms with Crippen molar-refractivity contribution in [2.24, 2.45) is 5.92 Å². The van der Waals surface area contributed by atoms with Crippen molar-refractivity contribution in [3.63, 3.8) is 0 Å². The quantitative estimate of drug-likeness (QED) is 0.771. The van der Waals surface area contributed by atoms with Gasteiger partial charge in [-0.05, 0) is 30.5 Å². The minimum atomic E-state index is 0.372. The van der Waals surface area contributed by atoms with Crippen molar-refractivity contribution in [2.45, 2.75) is 33.2 Å². The van der Waals surface area contributed by atoms with Gasteiger partial charge in [0.05, 0.1) is 5.56 Å². The van der Waals surface area contributed by atoms with E-state index < -0.39 is 0 Å². The smallest absolute Gasteiger partial charge is 0.147 e. The molecule has 1 aliphatic heterocycles. The molecule has 2 heterocycles. The molecule has 0 amide bonds. The molecule has 1 aromatic heterocycles. The van der Waals surface area contributed by atoms with Gasteiger partial charge in [-0.15, -0.1) is 0 Å². The van der Waals surface area contributed by atoms with Gasteiger partial charge in [0.25, 0.3) is 0 Å². The van der Waals surface area contributed by atoms with E-state index >= 15 is 0 Å². The maximum atomic E-state index is 9.29. The van der Waals surface area contributed by atoms with Gasteiger partial charge in [0, 0.05) is 25.2 Å². The molecule has 0 N–H and O–H groups in total. The topological polar surface area (TPSA) is 39.9 Å². The number of hydrogen-bond acceptors (Lipinski definition) is 3. The van der Waals surface area contributed by atoms with Crippen LogP contribution in [0.3, 0.4) is 0 Å². The largest absolute Gasteiger partial charge is 0.302 e. The van der Waals surface area contributed by atoms with Crippen molar-refractivity contribution in [3.05, 3.63) is 27.5 Å². The lowest BCUT2D eigenvalue weighted by Crippen LogP contribution is -2.29. The molecule has 0 spiro atoms. The average molecular weight is 264 g/mol. The van der Waals surface area contributed by atoms with Crippen molar-refractivity contribution >= 4 is 11.6 Å². The zero-order chi connectivity index (χ0) is 13.3. The fourth-order valence-electron chi connectivity index (χ4n) is 2.48. The average Bonchev–Trinajstić information content (AvgIpc) is 2.30. The Balaban J connectivity index is 2.58. The Morgan fingerprint density at radius 1 is 1.50 bits per heavy atom. The van der Waals surface area contributed by atoms with Crippen molar-refractivity contribution in [1.29, 1.82) is 5.26 Å². The van der Waals surface area contributed by atoms with E-state index in [1.165, 1.54) is 5.56 Å². The molecule has 2 rings (SSSR count). The lowest BCUT2D eigenvalue weighted by Gasteiger charge is -2.27. The lowest BCUT2D eigenvalue weighted by atomic mass is 9.91. The van der Waals surface area contributed by atoms with E-state index in [1.807, 2.05) is 0 Å². The summed E-state index contributed by atoms with van der Waals surface area (Å²) in [5.74, 6) is 0.506. The Kier molecular flexibility index (Phi) is 3.89. The molecule has 0 saturated heterocycles. The Morgan fingerprint density at radius 3 is 2.83 bits per heavy atom. The van der Waals surface area contributed by atoms with Crippen LogP contribution in [0.1, 0.15) is 36.2 Å². The monoisotopic (exact) mass is 263 g/mol. The molecule has 0 saturated carbocycles. The number of halogens is 1. The summed E-state index contributed by atoms with van der Waals surface area (Å²) in [6.45, 7) is 6.20. The molecule has 0 atom stereocenters. The highest BCUT2D eigenvalue weighted by Gasteiger charge is 2.23. The predicted octanol–water partition coefficient (Wildman–Crippen LogP) is 2.79. The first-order valence-electron chi connectivity index (χ1n) is 6.31. The molecule has 4 heteroatoms. The molecular weight excluding hydrogens is 246 g/mol. The highest BCUT2D eigenvalue weighted by Crippen LogP contribution is 2.29. The first kappa shape index (κ1) is 13.3. The summed E-state index contributed by atoms with van der Waals surface area (Å²) in [5, 5.41) is 9.66. The van der Waals surface area contributed by atoms with Crippen LogP contribution in [0.4, 0.5) is 0 Å². The Labute approximate surface area is 113 Å². The predicted molar refractivity (Wildman–Crippen MR) is 72.5 cm³/mol. The fourth-order valence-corrected chi connectivity index (χ4v) is 2.74. The summed E-state index contributed by atoms with van der Waals surface area (Å²) >= 11 is 6.14. The van der Waals surface area contributed by atoms with Crippen LogP contribution >= 0.6 is 11.6 Å². The van der Waals surface area contributed by atoms with Crippen molar-refractivity contribution in [1.82, 2.24) is 9.88 Å². The van der Waals surface area contributed by atoms with Crippen LogP contribution in [0, 0.1) is 17.2 Å². The van der Waals surface area contributed by atoms with Gasteiger partial charge in [-0.2, -0.15) is 5.26 Å². The summed E-state index contributed by atoms with van der Waals surface area (Å²) in [6, 6.07) is 2.22. The number of nitrogens with zero attached hydrogens (tertiary/aromatic N) is 3. The lowest BCUT2D eigenvalue weighted by molar-refractivity contribution is 0.308. The molecule has 0 unspecified atom stereocenters. The molecule has 0 fully saturated rings. The van der Waals surface area contributed by atoms with Gasteiger partial charge in [0.1, 0.15) is 11.2 Å². The first-order valence-corrected chi connectivity index (χ1v) is 6.69. The van der Waals surface area contributed by atoms with Crippen LogP contribution in [0.15, 0.2) is 0 Å². The molecule has 18 heavy (non-hydrogen) atoms. The van der Waals surface area contributed by atoms with Gasteiger partial charge >= 0.3 is 0 Å². The van der Waals surface area contributed by atoms with Gasteiger partial charge in [0.15, 0.2) is 0 Å². The van der Waals surface area contributed by atoms with E-state index in [0.29, 0.717) is 16.6 Å². The third-order valence-electron chi connectivity index (χ3n) is 3.34. The van der Waals surface area contributed by atoms with Crippen LogP contribution in [0.2, 0.25) is 5.15 Å². The van der Waals surface area contributed by atoms with E-state index in [-0.39, 0.29) is 0 Å². The van der Waals surface area contributed by atoms with Crippen LogP contribution in [0.25, 0.3) is 0 Å². The van der Waals surface area contributed by atoms with Gasteiger partial charge in [-0.1, -0.05) is 25.4 Å². The molecule has 0 aliphatic carbocycles. The Hall–Kier alpha value is -1.11. The molecule has 0 aromatic carbocycles.